The molecule has 2 unspecified atom stereocenters. The van der Waals surface area contributed by atoms with Gasteiger partial charge in [0, 0.05) is 35.7 Å². The summed E-state index contributed by atoms with van der Waals surface area (Å²) in [5.41, 5.74) is 5.53. The van der Waals surface area contributed by atoms with Gasteiger partial charge in [-0.15, -0.1) is 0 Å². The molecule has 0 radical (unpaired) electrons. The van der Waals surface area contributed by atoms with Crippen LogP contribution in [0.3, 0.4) is 0 Å². The van der Waals surface area contributed by atoms with Crippen molar-refractivity contribution in [1.82, 2.24) is 0 Å². The molecule has 0 fully saturated rings. The zero-order chi connectivity index (χ0) is 23.2. The lowest BCUT2D eigenvalue weighted by molar-refractivity contribution is -0.120. The molecule has 3 aromatic carbocycles. The highest BCUT2D eigenvalue weighted by Gasteiger charge is 2.42. The molecule has 6 rings (SSSR count). The van der Waals surface area contributed by atoms with E-state index in [0.29, 0.717) is 24.3 Å². The molecule has 3 aliphatic rings. The van der Waals surface area contributed by atoms with Crippen molar-refractivity contribution in [2.45, 2.75) is 38.0 Å². The number of rotatable bonds is 3. The quantitative estimate of drug-likeness (QED) is 0.517. The number of benzene rings is 3. The molecule has 2 atom stereocenters. The van der Waals surface area contributed by atoms with E-state index in [1.54, 1.807) is 4.90 Å². The fourth-order valence-corrected chi connectivity index (χ4v) is 5.48. The van der Waals surface area contributed by atoms with E-state index in [9.17, 15) is 9.59 Å². The molecule has 0 bridgehead atoms. The summed E-state index contributed by atoms with van der Waals surface area (Å²) in [4.78, 5) is 29.2. The van der Waals surface area contributed by atoms with Crippen LogP contribution >= 0.6 is 0 Å². The first-order valence-electron chi connectivity index (χ1n) is 11.7. The van der Waals surface area contributed by atoms with Crippen LogP contribution in [0.25, 0.3) is 0 Å². The molecule has 0 saturated heterocycles. The second-order valence-electron chi connectivity index (χ2n) is 9.24. The first kappa shape index (κ1) is 20.7. The molecule has 2 heterocycles. The number of ketones is 1. The number of Topliss-reactive ketones (excluding diaryl/α,β-unsaturated/α-hetero) is 1. The van der Waals surface area contributed by atoms with Crippen molar-refractivity contribution in [3.05, 3.63) is 101 Å². The zero-order valence-electron chi connectivity index (χ0n) is 19.0. The average Bonchev–Trinajstić information content (AvgIpc) is 3.32. The second kappa shape index (κ2) is 8.17. The fraction of sp³-hybridized carbons (Fsp3) is 0.241. The molecule has 0 spiro atoms. The first-order chi connectivity index (χ1) is 16.6. The molecule has 5 heteroatoms. The summed E-state index contributed by atoms with van der Waals surface area (Å²) >= 11 is 0. The van der Waals surface area contributed by atoms with Crippen LogP contribution in [0.2, 0.25) is 0 Å². The normalized spacial score (nSPS) is 21.6. The van der Waals surface area contributed by atoms with Crippen LogP contribution in [0, 0.1) is 6.92 Å². The number of ether oxygens (including phenoxy) is 2. The number of anilines is 1. The molecule has 3 aromatic rings. The van der Waals surface area contributed by atoms with Crippen LogP contribution in [0.5, 0.6) is 11.5 Å². The predicted octanol–water partition coefficient (Wildman–Crippen LogP) is 5.65. The summed E-state index contributed by atoms with van der Waals surface area (Å²) in [7, 11) is 0. The number of hydrogen-bond acceptors (Lipinski definition) is 4. The van der Waals surface area contributed by atoms with Crippen molar-refractivity contribution in [2.24, 2.45) is 0 Å². The maximum Gasteiger partial charge on any atom is 0.232 e. The molecule has 1 aliphatic carbocycles. The van der Waals surface area contributed by atoms with Crippen LogP contribution in [0.15, 0.2) is 84.1 Å². The van der Waals surface area contributed by atoms with Gasteiger partial charge in [0.15, 0.2) is 17.3 Å². The number of carbonyl (C=O) groups excluding carboxylic acids is 2. The Labute approximate surface area is 198 Å². The largest absolute Gasteiger partial charge is 0.454 e. The second-order valence-corrected chi connectivity index (χ2v) is 9.24. The van der Waals surface area contributed by atoms with E-state index in [0.717, 1.165) is 33.6 Å². The fourth-order valence-electron chi connectivity index (χ4n) is 5.48. The van der Waals surface area contributed by atoms with Gasteiger partial charge in [0.2, 0.25) is 12.7 Å². The summed E-state index contributed by atoms with van der Waals surface area (Å²) in [6, 6.07) is 23.8. The Kier molecular flexibility index (Phi) is 4.98. The first-order valence-corrected chi connectivity index (χ1v) is 11.7. The molecule has 1 amide bonds. The van der Waals surface area contributed by atoms with Crippen molar-refractivity contribution in [1.29, 1.82) is 0 Å². The van der Waals surface area contributed by atoms with E-state index in [4.69, 9.17) is 9.47 Å². The molecule has 0 aromatic heterocycles. The van der Waals surface area contributed by atoms with Crippen molar-refractivity contribution in [3.8, 4) is 11.5 Å². The zero-order valence-corrected chi connectivity index (χ0v) is 19.0. The standard InChI is InChI=1S/C29H25NO4/c1-18-6-5-9-22(12-18)30-24-13-21(19-7-3-2-4-8-19)14-25(31)29(24)23(16-28(30)32)20-10-11-26-27(15-20)34-17-33-26/h2-12,15,21,23H,13-14,16-17H2,1H3. The Bertz CT molecular complexity index is 1330. The van der Waals surface area contributed by atoms with Gasteiger partial charge in [0.05, 0.1) is 0 Å². The topological polar surface area (TPSA) is 55.8 Å². The predicted molar refractivity (Wildman–Crippen MR) is 129 cm³/mol. The third-order valence-electron chi connectivity index (χ3n) is 7.06. The number of amides is 1. The molecule has 2 aliphatic heterocycles. The summed E-state index contributed by atoms with van der Waals surface area (Å²) in [5, 5.41) is 0. The molecule has 0 N–H and O–H groups in total. The highest BCUT2D eigenvalue weighted by atomic mass is 16.7. The van der Waals surface area contributed by atoms with Gasteiger partial charge in [0.1, 0.15) is 0 Å². The summed E-state index contributed by atoms with van der Waals surface area (Å²) < 4.78 is 11.0. The smallest absolute Gasteiger partial charge is 0.232 e. The lowest BCUT2D eigenvalue weighted by atomic mass is 9.72. The molecule has 170 valence electrons. The molecule has 34 heavy (non-hydrogen) atoms. The monoisotopic (exact) mass is 451 g/mol. The average molecular weight is 452 g/mol. The van der Waals surface area contributed by atoms with E-state index in [1.807, 2.05) is 67.6 Å². The summed E-state index contributed by atoms with van der Waals surface area (Å²) in [5.74, 6) is 1.24. The summed E-state index contributed by atoms with van der Waals surface area (Å²) in [6.45, 7) is 2.20. The number of carbonyl (C=O) groups is 2. The van der Waals surface area contributed by atoms with Crippen LogP contribution < -0.4 is 14.4 Å². The number of aryl methyl sites for hydroxylation is 1. The van der Waals surface area contributed by atoms with Gasteiger partial charge in [-0.3, -0.25) is 14.5 Å². The van der Waals surface area contributed by atoms with Crippen LogP contribution in [-0.2, 0) is 9.59 Å². The van der Waals surface area contributed by atoms with Gasteiger partial charge in [0.25, 0.3) is 0 Å². The Morgan fingerprint density at radius 2 is 1.62 bits per heavy atom. The molecular weight excluding hydrogens is 426 g/mol. The van der Waals surface area contributed by atoms with Gasteiger partial charge in [-0.1, -0.05) is 48.5 Å². The van der Waals surface area contributed by atoms with Crippen molar-refractivity contribution in [2.75, 3.05) is 11.7 Å². The van der Waals surface area contributed by atoms with Crippen molar-refractivity contribution in [3.63, 3.8) is 0 Å². The molecule has 0 saturated carbocycles. The SMILES string of the molecule is Cc1cccc(N2C(=O)CC(c3ccc4c(c3)OCO4)C3=C2CC(c2ccccc2)CC3=O)c1. The number of allylic oxidation sites excluding steroid dienone is 2. The number of nitrogens with zero attached hydrogens (tertiary/aromatic N) is 1. The number of hydrogen-bond donors (Lipinski definition) is 0. The van der Waals surface area contributed by atoms with Crippen LogP contribution in [0.4, 0.5) is 5.69 Å². The van der Waals surface area contributed by atoms with E-state index >= 15 is 0 Å². The van der Waals surface area contributed by atoms with Gasteiger partial charge in [-0.2, -0.15) is 0 Å². The lowest BCUT2D eigenvalue weighted by Crippen LogP contribution is -2.41. The third-order valence-corrected chi connectivity index (χ3v) is 7.06. The summed E-state index contributed by atoms with van der Waals surface area (Å²) in [6.07, 6.45) is 1.33. The molecule has 5 nitrogen and oxygen atoms in total. The van der Waals surface area contributed by atoms with E-state index < -0.39 is 0 Å². The van der Waals surface area contributed by atoms with Gasteiger partial charge in [-0.05, 0) is 60.2 Å². The third kappa shape index (κ3) is 3.48. The van der Waals surface area contributed by atoms with Gasteiger partial charge >= 0.3 is 0 Å². The van der Waals surface area contributed by atoms with E-state index in [1.165, 1.54) is 0 Å². The highest BCUT2D eigenvalue weighted by Crippen LogP contribution is 2.48. The van der Waals surface area contributed by atoms with E-state index in [2.05, 4.69) is 12.1 Å². The maximum absolute atomic E-state index is 13.7. The Balaban J connectivity index is 1.49. The minimum atomic E-state index is -0.290. The lowest BCUT2D eigenvalue weighted by Gasteiger charge is -2.40. The molecular formula is C29H25NO4. The Morgan fingerprint density at radius 1 is 0.794 bits per heavy atom. The van der Waals surface area contributed by atoms with Crippen LogP contribution in [-0.4, -0.2) is 18.5 Å². The minimum absolute atomic E-state index is 0.00790. The number of fused-ring (bicyclic) bond motifs is 1. The Morgan fingerprint density at radius 3 is 2.44 bits per heavy atom. The van der Waals surface area contributed by atoms with Crippen LogP contribution in [0.1, 0.15) is 47.8 Å². The van der Waals surface area contributed by atoms with Gasteiger partial charge in [-0.25, -0.2) is 0 Å². The van der Waals surface area contributed by atoms with E-state index in [-0.39, 0.29) is 36.7 Å². The highest BCUT2D eigenvalue weighted by molar-refractivity contribution is 6.08. The maximum atomic E-state index is 13.7. The van der Waals surface area contributed by atoms with Crippen molar-refractivity contribution >= 4 is 17.4 Å². The van der Waals surface area contributed by atoms with Crippen molar-refractivity contribution < 1.29 is 19.1 Å². The van der Waals surface area contributed by atoms with Gasteiger partial charge < -0.3 is 9.47 Å². The minimum Gasteiger partial charge on any atom is -0.454 e. The Hall–Kier alpha value is -3.86.